The number of sulfonamides is 1. The molecule has 1 aliphatic heterocycles. The van der Waals surface area contributed by atoms with Gasteiger partial charge in [-0.1, -0.05) is 11.6 Å². The third-order valence-electron chi connectivity index (χ3n) is 3.04. The topological polar surface area (TPSA) is 81.4 Å². The Morgan fingerprint density at radius 2 is 2.21 bits per heavy atom. The van der Waals surface area contributed by atoms with Crippen LogP contribution in [-0.4, -0.2) is 37.0 Å². The highest BCUT2D eigenvalue weighted by molar-refractivity contribution is 7.89. The maximum atomic E-state index is 12.4. The summed E-state index contributed by atoms with van der Waals surface area (Å²) in [6.07, 6.45) is 0.551. The second kappa shape index (κ2) is 5.47. The van der Waals surface area contributed by atoms with E-state index in [-0.39, 0.29) is 22.0 Å². The van der Waals surface area contributed by atoms with E-state index in [1.807, 2.05) is 6.07 Å². The van der Waals surface area contributed by atoms with E-state index in [0.29, 0.717) is 19.4 Å². The standard InChI is InChI=1S/C12H13ClN2O3S/c13-11-4-3-9(7-14)6-12(11)19(17,18)15-5-1-2-10(16)8-15/h3-4,6,10,16H,1-2,5,8H2. The van der Waals surface area contributed by atoms with Crippen LogP contribution >= 0.6 is 11.6 Å². The first kappa shape index (κ1) is 14.3. The average molecular weight is 301 g/mol. The van der Waals surface area contributed by atoms with Crippen molar-refractivity contribution in [3.8, 4) is 6.07 Å². The first-order valence-corrected chi connectivity index (χ1v) is 7.65. The van der Waals surface area contributed by atoms with Crippen LogP contribution in [0.3, 0.4) is 0 Å². The van der Waals surface area contributed by atoms with Crippen LogP contribution in [0.4, 0.5) is 0 Å². The number of rotatable bonds is 2. The van der Waals surface area contributed by atoms with E-state index in [1.54, 1.807) is 0 Å². The molecule has 0 aromatic heterocycles. The summed E-state index contributed by atoms with van der Waals surface area (Å²) in [5, 5.41) is 18.5. The molecule has 1 atom stereocenters. The summed E-state index contributed by atoms with van der Waals surface area (Å²) in [5.74, 6) is 0. The maximum Gasteiger partial charge on any atom is 0.244 e. The fraction of sp³-hybridized carbons (Fsp3) is 0.417. The number of piperidine rings is 1. The molecular formula is C12H13ClN2O3S. The first-order valence-electron chi connectivity index (χ1n) is 5.83. The van der Waals surface area contributed by atoms with Gasteiger partial charge in [-0.05, 0) is 31.0 Å². The lowest BCUT2D eigenvalue weighted by atomic mass is 10.1. The van der Waals surface area contributed by atoms with Gasteiger partial charge in [-0.2, -0.15) is 9.57 Å². The van der Waals surface area contributed by atoms with E-state index in [4.69, 9.17) is 16.9 Å². The Bertz CT molecular complexity index is 624. The van der Waals surface area contributed by atoms with Gasteiger partial charge in [-0.15, -0.1) is 0 Å². The predicted molar refractivity (Wildman–Crippen MR) is 70.2 cm³/mol. The van der Waals surface area contributed by atoms with Crippen LogP contribution in [0.5, 0.6) is 0 Å². The molecule has 1 heterocycles. The molecule has 1 aromatic carbocycles. The van der Waals surface area contributed by atoms with Crippen LogP contribution in [0.15, 0.2) is 23.1 Å². The largest absolute Gasteiger partial charge is 0.392 e. The molecule has 0 aliphatic carbocycles. The first-order chi connectivity index (χ1) is 8.95. The average Bonchev–Trinajstić information content (AvgIpc) is 2.39. The molecule has 5 nitrogen and oxygen atoms in total. The summed E-state index contributed by atoms with van der Waals surface area (Å²) in [6, 6.07) is 6.01. The van der Waals surface area contributed by atoms with E-state index in [2.05, 4.69) is 0 Å². The van der Waals surface area contributed by atoms with E-state index >= 15 is 0 Å². The third-order valence-corrected chi connectivity index (χ3v) is 5.38. The van der Waals surface area contributed by atoms with Crippen molar-refractivity contribution in [2.45, 2.75) is 23.8 Å². The van der Waals surface area contributed by atoms with Gasteiger partial charge in [0.1, 0.15) is 4.90 Å². The molecule has 1 fully saturated rings. The van der Waals surface area contributed by atoms with Gasteiger partial charge < -0.3 is 5.11 Å². The molecule has 0 amide bonds. The summed E-state index contributed by atoms with van der Waals surface area (Å²) in [4.78, 5) is -0.0812. The van der Waals surface area contributed by atoms with Gasteiger partial charge in [0, 0.05) is 13.1 Å². The van der Waals surface area contributed by atoms with Gasteiger partial charge >= 0.3 is 0 Å². The van der Waals surface area contributed by atoms with Crippen molar-refractivity contribution in [1.29, 1.82) is 5.26 Å². The Kier molecular flexibility index (Phi) is 4.11. The second-order valence-corrected chi connectivity index (χ2v) is 6.73. The molecule has 0 bridgehead atoms. The van der Waals surface area contributed by atoms with Crippen LogP contribution in [-0.2, 0) is 10.0 Å². The van der Waals surface area contributed by atoms with Gasteiger partial charge in [0.25, 0.3) is 0 Å². The Labute approximate surface area is 117 Å². The normalized spacial score (nSPS) is 21.0. The Morgan fingerprint density at radius 3 is 2.84 bits per heavy atom. The van der Waals surface area contributed by atoms with E-state index in [9.17, 15) is 13.5 Å². The zero-order valence-corrected chi connectivity index (χ0v) is 11.7. The number of hydrogen-bond donors (Lipinski definition) is 1. The number of aliphatic hydroxyl groups is 1. The SMILES string of the molecule is N#Cc1ccc(Cl)c(S(=O)(=O)N2CCCC(O)C2)c1. The van der Waals surface area contributed by atoms with Crippen molar-refractivity contribution in [2.24, 2.45) is 0 Å². The highest BCUT2D eigenvalue weighted by Gasteiger charge is 2.31. The van der Waals surface area contributed by atoms with Crippen molar-refractivity contribution in [3.05, 3.63) is 28.8 Å². The lowest BCUT2D eigenvalue weighted by Crippen LogP contribution is -2.42. The van der Waals surface area contributed by atoms with Crippen LogP contribution < -0.4 is 0 Å². The highest BCUT2D eigenvalue weighted by Crippen LogP contribution is 2.27. The molecular weight excluding hydrogens is 288 g/mol. The Balaban J connectivity index is 2.42. The Hall–Kier alpha value is -1.13. The van der Waals surface area contributed by atoms with Gasteiger partial charge in [0.15, 0.2) is 0 Å². The minimum atomic E-state index is -3.77. The van der Waals surface area contributed by atoms with Crippen molar-refractivity contribution in [3.63, 3.8) is 0 Å². The lowest BCUT2D eigenvalue weighted by molar-refractivity contribution is 0.108. The molecule has 1 N–H and O–H groups in total. The van der Waals surface area contributed by atoms with Crippen LogP contribution in [0, 0.1) is 11.3 Å². The van der Waals surface area contributed by atoms with Crippen molar-refractivity contribution >= 4 is 21.6 Å². The minimum absolute atomic E-state index is 0.0649. The number of β-amino-alcohol motifs (C(OH)–C–C–N with tert-alkyl or cyclic N) is 1. The van der Waals surface area contributed by atoms with Gasteiger partial charge in [0.2, 0.25) is 10.0 Å². The second-order valence-electron chi connectivity index (χ2n) is 4.42. The molecule has 1 unspecified atom stereocenters. The fourth-order valence-electron chi connectivity index (χ4n) is 2.05. The number of benzene rings is 1. The van der Waals surface area contributed by atoms with Crippen LogP contribution in [0.25, 0.3) is 0 Å². The number of hydrogen-bond acceptors (Lipinski definition) is 4. The highest BCUT2D eigenvalue weighted by atomic mass is 35.5. The monoisotopic (exact) mass is 300 g/mol. The number of nitriles is 1. The third kappa shape index (κ3) is 2.90. The van der Waals surface area contributed by atoms with E-state index in [0.717, 1.165) is 0 Å². The molecule has 1 saturated heterocycles. The Morgan fingerprint density at radius 1 is 1.47 bits per heavy atom. The maximum absolute atomic E-state index is 12.4. The zero-order chi connectivity index (χ0) is 14.0. The molecule has 2 rings (SSSR count). The molecule has 1 aliphatic rings. The summed E-state index contributed by atoms with van der Waals surface area (Å²) in [5.41, 5.74) is 0.237. The summed E-state index contributed by atoms with van der Waals surface area (Å²) < 4.78 is 26.1. The summed E-state index contributed by atoms with van der Waals surface area (Å²) in [7, 11) is -3.77. The number of nitrogens with zero attached hydrogens (tertiary/aromatic N) is 2. The zero-order valence-electron chi connectivity index (χ0n) is 10.1. The molecule has 1 aromatic rings. The van der Waals surface area contributed by atoms with Crippen molar-refractivity contribution in [2.75, 3.05) is 13.1 Å². The van der Waals surface area contributed by atoms with Gasteiger partial charge in [0.05, 0.1) is 22.8 Å². The molecule has 7 heteroatoms. The summed E-state index contributed by atoms with van der Waals surface area (Å²) >= 11 is 5.92. The molecule has 102 valence electrons. The molecule has 0 spiro atoms. The van der Waals surface area contributed by atoms with Gasteiger partial charge in [-0.3, -0.25) is 0 Å². The van der Waals surface area contributed by atoms with Gasteiger partial charge in [-0.25, -0.2) is 8.42 Å². The fourth-order valence-corrected chi connectivity index (χ4v) is 4.07. The van der Waals surface area contributed by atoms with Crippen molar-refractivity contribution in [1.82, 2.24) is 4.31 Å². The quantitative estimate of drug-likeness (QED) is 0.894. The number of aliphatic hydroxyl groups excluding tert-OH is 1. The molecule has 0 saturated carbocycles. The van der Waals surface area contributed by atoms with Crippen molar-refractivity contribution < 1.29 is 13.5 Å². The van der Waals surface area contributed by atoms with Crippen LogP contribution in [0.2, 0.25) is 5.02 Å². The van der Waals surface area contributed by atoms with Crippen LogP contribution in [0.1, 0.15) is 18.4 Å². The predicted octanol–water partition coefficient (Wildman–Crippen LogP) is 1.36. The lowest BCUT2D eigenvalue weighted by Gasteiger charge is -2.29. The van der Waals surface area contributed by atoms with E-state index in [1.165, 1.54) is 22.5 Å². The summed E-state index contributed by atoms with van der Waals surface area (Å²) in [6.45, 7) is 0.419. The minimum Gasteiger partial charge on any atom is -0.392 e. The van der Waals surface area contributed by atoms with E-state index < -0.39 is 16.1 Å². The number of halogens is 1. The molecule has 19 heavy (non-hydrogen) atoms. The smallest absolute Gasteiger partial charge is 0.244 e. The molecule has 0 radical (unpaired) electrons.